The van der Waals surface area contributed by atoms with E-state index in [1.165, 1.54) is 60.4 Å². The first kappa shape index (κ1) is 35.6. The number of amides is 2. The highest BCUT2D eigenvalue weighted by atomic mass is 19.1. The van der Waals surface area contributed by atoms with Gasteiger partial charge in [0.25, 0.3) is 5.91 Å². The lowest BCUT2D eigenvalue weighted by Crippen LogP contribution is -2.45. The molecule has 4 rings (SSSR count). The monoisotopic (exact) mass is 667 g/mol. The van der Waals surface area contributed by atoms with Gasteiger partial charge in [-0.3, -0.25) is 9.59 Å². The highest BCUT2D eigenvalue weighted by Crippen LogP contribution is 2.31. The maximum absolute atomic E-state index is 15.4. The third-order valence-corrected chi connectivity index (χ3v) is 7.42. The van der Waals surface area contributed by atoms with Crippen LogP contribution in [0.15, 0.2) is 60.7 Å². The van der Waals surface area contributed by atoms with Gasteiger partial charge in [-0.1, -0.05) is 12.1 Å². The molecule has 1 N–H and O–H groups in total. The van der Waals surface area contributed by atoms with Gasteiger partial charge in [-0.15, -0.1) is 0 Å². The summed E-state index contributed by atoms with van der Waals surface area (Å²) in [6, 6.07) is 14.4. The molecule has 1 fully saturated rings. The van der Waals surface area contributed by atoms with Crippen molar-refractivity contribution in [1.82, 2.24) is 10.2 Å². The third-order valence-electron chi connectivity index (χ3n) is 7.42. The highest BCUT2D eigenvalue weighted by molar-refractivity contribution is 6.11. The van der Waals surface area contributed by atoms with Crippen molar-refractivity contribution < 1.29 is 52.3 Å². The van der Waals surface area contributed by atoms with Crippen LogP contribution in [0.1, 0.15) is 55.9 Å². The summed E-state index contributed by atoms with van der Waals surface area (Å²) >= 11 is 0. The molecule has 13 nitrogen and oxygen atoms in total. The number of likely N-dealkylation sites (tertiary alicyclic amines) is 1. The Morgan fingerprint density at radius 2 is 1.48 bits per heavy atom. The fourth-order valence-electron chi connectivity index (χ4n) is 4.95. The summed E-state index contributed by atoms with van der Waals surface area (Å²) < 4.78 is 35.9. The topological polar surface area (TPSA) is 142 Å². The van der Waals surface area contributed by atoms with Crippen molar-refractivity contribution in [2.45, 2.75) is 25.3 Å². The molecule has 1 aliphatic heterocycles. The van der Waals surface area contributed by atoms with Crippen LogP contribution in [0.25, 0.3) is 0 Å². The standard InChI is InChI=1S/C34H38FN3O10/c1-37(2)27-16-17-28(46-21-44-4)29(30(27)35)31(39)22-8-10-24(11-9-22)33(41)47-48-34(42)38-18-6-5-7-25(19-38)36-32(40)23-12-14-26(15-13-23)45-20-43-3/h8-17,25H,5-7,18-21H2,1-4H3,(H,36,40). The van der Waals surface area contributed by atoms with Gasteiger partial charge in [0.15, 0.2) is 25.2 Å². The maximum atomic E-state index is 15.4. The Morgan fingerprint density at radius 3 is 2.15 bits per heavy atom. The normalized spacial score (nSPS) is 14.4. The van der Waals surface area contributed by atoms with Crippen LogP contribution in [0, 0.1) is 5.82 Å². The minimum Gasteiger partial charge on any atom is -0.468 e. The minimum atomic E-state index is -0.982. The number of carbonyl (C=O) groups is 4. The Morgan fingerprint density at radius 1 is 0.833 bits per heavy atom. The highest BCUT2D eigenvalue weighted by Gasteiger charge is 2.27. The van der Waals surface area contributed by atoms with Crippen LogP contribution in [0.4, 0.5) is 14.9 Å². The van der Waals surface area contributed by atoms with Gasteiger partial charge < -0.3 is 34.1 Å². The summed E-state index contributed by atoms with van der Waals surface area (Å²) in [5.41, 5.74) is 0.375. The van der Waals surface area contributed by atoms with Crippen LogP contribution < -0.4 is 19.7 Å². The summed E-state index contributed by atoms with van der Waals surface area (Å²) in [7, 11) is 6.19. The predicted octanol–water partition coefficient (Wildman–Crippen LogP) is 4.58. The fraction of sp³-hybridized carbons (Fsp3) is 0.353. The summed E-state index contributed by atoms with van der Waals surface area (Å²) in [4.78, 5) is 64.2. The lowest BCUT2D eigenvalue weighted by molar-refractivity contribution is -0.192. The zero-order valence-corrected chi connectivity index (χ0v) is 27.2. The average Bonchev–Trinajstić information content (AvgIpc) is 3.34. The second-order valence-electron chi connectivity index (χ2n) is 11.0. The Kier molecular flexibility index (Phi) is 12.7. The molecule has 256 valence electrons. The lowest BCUT2D eigenvalue weighted by atomic mass is 9.99. The summed E-state index contributed by atoms with van der Waals surface area (Å²) in [6.07, 6.45) is 1.16. The molecule has 1 atom stereocenters. The summed E-state index contributed by atoms with van der Waals surface area (Å²) in [6.45, 7) is 0.379. The van der Waals surface area contributed by atoms with Crippen LogP contribution in [-0.2, 0) is 19.2 Å². The van der Waals surface area contributed by atoms with Gasteiger partial charge in [-0.25, -0.2) is 23.8 Å². The molecule has 0 aromatic heterocycles. The quantitative estimate of drug-likeness (QED) is 0.126. The molecule has 14 heteroatoms. The van der Waals surface area contributed by atoms with E-state index < -0.39 is 23.7 Å². The average molecular weight is 668 g/mol. The zero-order chi connectivity index (χ0) is 34.6. The van der Waals surface area contributed by atoms with Gasteiger partial charge in [0.2, 0.25) is 0 Å². The Bertz CT molecular complexity index is 1580. The molecular weight excluding hydrogens is 629 g/mol. The maximum Gasteiger partial charge on any atom is 0.453 e. The number of hydrogen-bond acceptors (Lipinski definition) is 11. The van der Waals surface area contributed by atoms with E-state index in [1.54, 1.807) is 38.4 Å². The summed E-state index contributed by atoms with van der Waals surface area (Å²) in [5.74, 6) is -2.19. The molecule has 1 saturated heterocycles. The van der Waals surface area contributed by atoms with Crippen LogP contribution in [-0.4, -0.2) is 89.7 Å². The first-order valence-corrected chi connectivity index (χ1v) is 15.1. The van der Waals surface area contributed by atoms with Crippen molar-refractivity contribution in [1.29, 1.82) is 0 Å². The van der Waals surface area contributed by atoms with E-state index in [4.69, 9.17) is 28.7 Å². The number of methoxy groups -OCH3 is 2. The molecular formula is C34H38FN3O10. The number of hydrogen-bond donors (Lipinski definition) is 1. The second-order valence-corrected chi connectivity index (χ2v) is 11.0. The SMILES string of the molecule is COCOc1ccc(C(=O)NC2CCCCN(C(=O)OOC(=O)c3ccc(C(=O)c4c(OCOC)ccc(N(C)C)c4F)cc3)C2)cc1. The van der Waals surface area contributed by atoms with Crippen molar-refractivity contribution in [3.63, 3.8) is 0 Å². The molecule has 3 aromatic carbocycles. The first-order valence-electron chi connectivity index (χ1n) is 15.1. The molecule has 0 bridgehead atoms. The minimum absolute atomic E-state index is 0.00172. The molecule has 1 aliphatic rings. The van der Waals surface area contributed by atoms with Gasteiger partial charge >= 0.3 is 12.1 Å². The number of halogens is 1. The van der Waals surface area contributed by atoms with E-state index in [0.29, 0.717) is 30.7 Å². The van der Waals surface area contributed by atoms with Crippen molar-refractivity contribution in [2.24, 2.45) is 0 Å². The largest absolute Gasteiger partial charge is 0.468 e. The van der Waals surface area contributed by atoms with Crippen LogP contribution in [0.3, 0.4) is 0 Å². The molecule has 0 radical (unpaired) electrons. The van der Waals surface area contributed by atoms with Crippen LogP contribution in [0.2, 0.25) is 0 Å². The molecule has 1 unspecified atom stereocenters. The number of nitrogens with zero attached hydrogens (tertiary/aromatic N) is 2. The molecule has 1 heterocycles. The molecule has 0 aliphatic carbocycles. The van der Waals surface area contributed by atoms with E-state index >= 15 is 4.39 Å². The molecule has 2 amide bonds. The molecule has 0 spiro atoms. The second kappa shape index (κ2) is 17.1. The Hall–Kier alpha value is -5.21. The van der Waals surface area contributed by atoms with Gasteiger partial charge in [0, 0.05) is 58.6 Å². The number of benzene rings is 3. The number of anilines is 1. The zero-order valence-electron chi connectivity index (χ0n) is 27.2. The van der Waals surface area contributed by atoms with Crippen molar-refractivity contribution in [3.05, 3.63) is 88.7 Å². The van der Waals surface area contributed by atoms with Gasteiger partial charge in [-0.05, 0) is 67.8 Å². The van der Waals surface area contributed by atoms with E-state index in [0.717, 1.165) is 6.42 Å². The van der Waals surface area contributed by atoms with E-state index in [-0.39, 0.29) is 60.2 Å². The molecule has 3 aromatic rings. The van der Waals surface area contributed by atoms with E-state index in [1.807, 2.05) is 0 Å². The van der Waals surface area contributed by atoms with E-state index in [2.05, 4.69) is 5.32 Å². The smallest absolute Gasteiger partial charge is 0.453 e. The summed E-state index contributed by atoms with van der Waals surface area (Å²) in [5, 5.41) is 2.94. The Balaban J connectivity index is 1.34. The van der Waals surface area contributed by atoms with Gasteiger partial charge in [-0.2, -0.15) is 0 Å². The van der Waals surface area contributed by atoms with Crippen molar-refractivity contribution >= 4 is 29.4 Å². The van der Waals surface area contributed by atoms with Crippen LogP contribution >= 0.6 is 0 Å². The number of nitrogens with one attached hydrogen (secondary N) is 1. The Labute approximate surface area is 277 Å². The number of ether oxygens (including phenoxy) is 4. The predicted molar refractivity (Wildman–Crippen MR) is 171 cm³/mol. The first-order chi connectivity index (χ1) is 23.1. The molecule has 48 heavy (non-hydrogen) atoms. The lowest BCUT2D eigenvalue weighted by Gasteiger charge is -2.23. The number of rotatable bonds is 12. The fourth-order valence-corrected chi connectivity index (χ4v) is 4.95. The third kappa shape index (κ3) is 9.20. The number of ketones is 1. The van der Waals surface area contributed by atoms with Gasteiger partial charge in [0.1, 0.15) is 17.1 Å². The van der Waals surface area contributed by atoms with Crippen molar-refractivity contribution in [3.8, 4) is 11.5 Å². The van der Waals surface area contributed by atoms with Crippen LogP contribution in [0.5, 0.6) is 11.5 Å². The molecule has 0 saturated carbocycles. The van der Waals surface area contributed by atoms with E-state index in [9.17, 15) is 19.2 Å². The van der Waals surface area contributed by atoms with Gasteiger partial charge in [0.05, 0.1) is 11.3 Å². The number of carbonyl (C=O) groups excluding carboxylic acids is 4. The van der Waals surface area contributed by atoms with Crippen molar-refractivity contribution in [2.75, 3.05) is 59.9 Å².